The number of quaternary nitrogens is 1. The summed E-state index contributed by atoms with van der Waals surface area (Å²) in [5.41, 5.74) is 0. The van der Waals surface area contributed by atoms with Gasteiger partial charge in [0.15, 0.2) is 0 Å². The third kappa shape index (κ3) is 6.92. The highest BCUT2D eigenvalue weighted by Crippen LogP contribution is 2.00. The van der Waals surface area contributed by atoms with E-state index in [9.17, 15) is 5.11 Å². The standard InChI is InChI=1S/C8H17ClNO.ClH/c1-4-5-10(2,3)7-8(11)6-9;/h4,8,11H,1,5-7H2,2-3H3;1H/q+1;/p-1. The maximum absolute atomic E-state index is 9.24. The van der Waals surface area contributed by atoms with Gasteiger partial charge in [0.1, 0.15) is 12.6 Å². The monoisotopic (exact) mass is 213 g/mol. The minimum absolute atomic E-state index is 0. The molecule has 0 aliphatic carbocycles. The lowest BCUT2D eigenvalue weighted by Crippen LogP contribution is -3.00. The van der Waals surface area contributed by atoms with Crippen LogP contribution in [-0.2, 0) is 0 Å². The summed E-state index contributed by atoms with van der Waals surface area (Å²) in [6.45, 7) is 5.18. The van der Waals surface area contributed by atoms with Crippen LogP contribution in [0.1, 0.15) is 0 Å². The number of aliphatic hydroxyl groups excluding tert-OH is 1. The van der Waals surface area contributed by atoms with E-state index in [1.165, 1.54) is 0 Å². The van der Waals surface area contributed by atoms with E-state index >= 15 is 0 Å². The second-order valence-corrected chi connectivity index (χ2v) is 3.71. The number of rotatable bonds is 5. The van der Waals surface area contributed by atoms with Crippen LogP contribution in [0.15, 0.2) is 12.7 Å². The van der Waals surface area contributed by atoms with Gasteiger partial charge in [0.2, 0.25) is 0 Å². The van der Waals surface area contributed by atoms with E-state index in [0.29, 0.717) is 12.4 Å². The molecule has 0 saturated carbocycles. The highest BCUT2D eigenvalue weighted by atomic mass is 35.5. The van der Waals surface area contributed by atoms with E-state index in [1.807, 2.05) is 20.2 Å². The van der Waals surface area contributed by atoms with Crippen molar-refractivity contribution < 1.29 is 22.0 Å². The van der Waals surface area contributed by atoms with Gasteiger partial charge in [-0.05, 0) is 6.08 Å². The largest absolute Gasteiger partial charge is 1.00 e. The molecule has 0 aliphatic heterocycles. The van der Waals surface area contributed by atoms with Crippen LogP contribution in [0.5, 0.6) is 0 Å². The van der Waals surface area contributed by atoms with Crippen molar-refractivity contribution in [2.24, 2.45) is 0 Å². The van der Waals surface area contributed by atoms with Crippen molar-refractivity contribution in [1.82, 2.24) is 0 Å². The van der Waals surface area contributed by atoms with Gasteiger partial charge >= 0.3 is 0 Å². The number of alkyl halides is 1. The van der Waals surface area contributed by atoms with E-state index in [4.69, 9.17) is 11.6 Å². The van der Waals surface area contributed by atoms with E-state index in [-0.39, 0.29) is 12.4 Å². The van der Waals surface area contributed by atoms with Gasteiger partial charge in [-0.25, -0.2) is 0 Å². The van der Waals surface area contributed by atoms with Gasteiger partial charge < -0.3 is 22.0 Å². The topological polar surface area (TPSA) is 20.2 Å². The summed E-state index contributed by atoms with van der Waals surface area (Å²) in [6, 6.07) is 0. The van der Waals surface area contributed by atoms with Crippen molar-refractivity contribution in [3.63, 3.8) is 0 Å². The molecule has 4 heteroatoms. The molecule has 0 aromatic rings. The van der Waals surface area contributed by atoms with Gasteiger partial charge in [-0.15, -0.1) is 11.6 Å². The number of hydrogen-bond donors (Lipinski definition) is 1. The smallest absolute Gasteiger partial charge is 0.116 e. The Morgan fingerprint density at radius 2 is 2.08 bits per heavy atom. The highest BCUT2D eigenvalue weighted by molar-refractivity contribution is 6.18. The average molecular weight is 214 g/mol. The maximum atomic E-state index is 9.24. The molecular weight excluding hydrogens is 197 g/mol. The minimum Gasteiger partial charge on any atom is -1.00 e. The average Bonchev–Trinajstić information content (AvgIpc) is 1.86. The van der Waals surface area contributed by atoms with Gasteiger partial charge in [0, 0.05) is 0 Å². The van der Waals surface area contributed by atoms with Crippen LogP contribution in [0.2, 0.25) is 0 Å². The van der Waals surface area contributed by atoms with Gasteiger partial charge in [0.05, 0.1) is 26.5 Å². The zero-order valence-electron chi connectivity index (χ0n) is 7.63. The van der Waals surface area contributed by atoms with Crippen molar-refractivity contribution in [1.29, 1.82) is 0 Å². The fourth-order valence-electron chi connectivity index (χ4n) is 1.04. The van der Waals surface area contributed by atoms with Gasteiger partial charge in [-0.2, -0.15) is 0 Å². The highest BCUT2D eigenvalue weighted by Gasteiger charge is 2.17. The van der Waals surface area contributed by atoms with Crippen molar-refractivity contribution in [3.05, 3.63) is 12.7 Å². The number of aliphatic hydroxyl groups is 1. The van der Waals surface area contributed by atoms with Crippen LogP contribution in [0.25, 0.3) is 0 Å². The van der Waals surface area contributed by atoms with Crippen molar-refractivity contribution in [3.8, 4) is 0 Å². The van der Waals surface area contributed by atoms with E-state index in [0.717, 1.165) is 11.0 Å². The summed E-state index contributed by atoms with van der Waals surface area (Å²) < 4.78 is 0.734. The molecule has 2 nitrogen and oxygen atoms in total. The maximum Gasteiger partial charge on any atom is 0.116 e. The molecule has 0 aliphatic rings. The van der Waals surface area contributed by atoms with Crippen molar-refractivity contribution >= 4 is 11.6 Å². The number of nitrogens with zero attached hydrogens (tertiary/aromatic N) is 1. The predicted octanol–water partition coefficient (Wildman–Crippen LogP) is -2.15. The Hall–Kier alpha value is 0.240. The quantitative estimate of drug-likeness (QED) is 0.314. The third-order valence-electron chi connectivity index (χ3n) is 1.51. The summed E-state index contributed by atoms with van der Waals surface area (Å²) in [7, 11) is 4.08. The third-order valence-corrected chi connectivity index (χ3v) is 1.86. The number of likely N-dealkylation sites (N-methyl/N-ethyl adjacent to an activating group) is 1. The Kier molecular flexibility index (Phi) is 8.26. The second kappa shape index (κ2) is 6.72. The van der Waals surface area contributed by atoms with Crippen LogP contribution in [0.4, 0.5) is 0 Å². The Morgan fingerprint density at radius 1 is 1.58 bits per heavy atom. The van der Waals surface area contributed by atoms with Crippen LogP contribution in [-0.4, -0.2) is 48.8 Å². The van der Waals surface area contributed by atoms with Gasteiger partial charge in [0.25, 0.3) is 0 Å². The molecule has 0 radical (unpaired) electrons. The predicted molar refractivity (Wildman–Crippen MR) is 48.8 cm³/mol. The molecule has 0 aromatic carbocycles. The molecule has 0 rings (SSSR count). The van der Waals surface area contributed by atoms with Crippen molar-refractivity contribution in [2.75, 3.05) is 33.1 Å². The van der Waals surface area contributed by atoms with Crippen LogP contribution >= 0.6 is 11.6 Å². The molecule has 0 amide bonds. The molecular formula is C8H17Cl2NO. The van der Waals surface area contributed by atoms with Gasteiger partial charge in [-0.1, -0.05) is 6.58 Å². The molecule has 1 N–H and O–H groups in total. The van der Waals surface area contributed by atoms with Crippen LogP contribution < -0.4 is 12.4 Å². The lowest BCUT2D eigenvalue weighted by atomic mass is 10.3. The molecule has 0 spiro atoms. The van der Waals surface area contributed by atoms with Crippen LogP contribution in [0.3, 0.4) is 0 Å². The lowest BCUT2D eigenvalue weighted by Gasteiger charge is -2.29. The lowest BCUT2D eigenvalue weighted by molar-refractivity contribution is -0.887. The summed E-state index contributed by atoms with van der Waals surface area (Å²) in [5, 5.41) is 9.24. The minimum atomic E-state index is -0.411. The van der Waals surface area contributed by atoms with Crippen LogP contribution in [0, 0.1) is 0 Å². The molecule has 0 fully saturated rings. The molecule has 0 bridgehead atoms. The van der Waals surface area contributed by atoms with Gasteiger partial charge in [-0.3, -0.25) is 0 Å². The molecule has 0 heterocycles. The molecule has 74 valence electrons. The molecule has 12 heavy (non-hydrogen) atoms. The number of halogens is 2. The summed E-state index contributed by atoms with van der Waals surface area (Å²) in [6.07, 6.45) is 1.44. The Bertz CT molecular complexity index is 128. The first-order valence-electron chi connectivity index (χ1n) is 3.69. The SMILES string of the molecule is C=CC[N+](C)(C)CC(O)CCl.[Cl-]. The normalized spacial score (nSPS) is 13.3. The molecule has 1 unspecified atom stereocenters. The zero-order chi connectivity index (χ0) is 8.91. The van der Waals surface area contributed by atoms with E-state index in [2.05, 4.69) is 6.58 Å². The zero-order valence-corrected chi connectivity index (χ0v) is 9.15. The second-order valence-electron chi connectivity index (χ2n) is 3.40. The molecule has 1 atom stereocenters. The number of hydrogen-bond acceptors (Lipinski definition) is 1. The Morgan fingerprint density at radius 3 is 2.42 bits per heavy atom. The fraction of sp³-hybridized carbons (Fsp3) is 0.750. The first-order chi connectivity index (χ1) is 5.02. The molecule has 0 saturated heterocycles. The fourth-order valence-corrected chi connectivity index (χ4v) is 1.14. The Labute approximate surface area is 85.8 Å². The summed E-state index contributed by atoms with van der Waals surface area (Å²) >= 11 is 5.47. The summed E-state index contributed by atoms with van der Waals surface area (Å²) in [4.78, 5) is 0. The van der Waals surface area contributed by atoms with E-state index < -0.39 is 6.10 Å². The van der Waals surface area contributed by atoms with Crippen molar-refractivity contribution in [2.45, 2.75) is 6.10 Å². The molecule has 0 aromatic heterocycles. The first kappa shape index (κ1) is 14.7. The summed E-state index contributed by atoms with van der Waals surface area (Å²) in [5.74, 6) is 0.304. The van der Waals surface area contributed by atoms with E-state index in [1.54, 1.807) is 0 Å². The first-order valence-corrected chi connectivity index (χ1v) is 4.22. The Balaban J connectivity index is 0.